The van der Waals surface area contributed by atoms with Gasteiger partial charge in [0, 0.05) is 0 Å². The van der Waals surface area contributed by atoms with Gasteiger partial charge >= 0.3 is 5.97 Å². The summed E-state index contributed by atoms with van der Waals surface area (Å²) in [6.07, 6.45) is 2.53. The highest BCUT2D eigenvalue weighted by Crippen LogP contribution is 2.16. The van der Waals surface area contributed by atoms with Crippen LogP contribution in [0.15, 0.2) is 61.2 Å². The zero-order valence-corrected chi connectivity index (χ0v) is 11.4. The Morgan fingerprint density at radius 2 is 1.67 bits per heavy atom. The Morgan fingerprint density at radius 3 is 2.29 bits per heavy atom. The van der Waals surface area contributed by atoms with Gasteiger partial charge in [0.15, 0.2) is 0 Å². The van der Waals surface area contributed by atoms with Gasteiger partial charge in [0.2, 0.25) is 0 Å². The molecule has 0 unspecified atom stereocenters. The van der Waals surface area contributed by atoms with Crippen LogP contribution < -0.4 is 9.47 Å². The summed E-state index contributed by atoms with van der Waals surface area (Å²) in [5, 5.41) is 0. The molecule has 0 N–H and O–H groups in total. The molecule has 2 rings (SSSR count). The lowest BCUT2D eigenvalue weighted by molar-refractivity contribution is 0.0734. The van der Waals surface area contributed by atoms with Crippen molar-refractivity contribution in [2.75, 3.05) is 6.61 Å². The van der Waals surface area contributed by atoms with Crippen LogP contribution in [-0.4, -0.2) is 12.6 Å². The molecule has 0 aromatic heterocycles. The van der Waals surface area contributed by atoms with E-state index in [1.54, 1.807) is 30.3 Å². The Labute approximate surface area is 122 Å². The van der Waals surface area contributed by atoms with Crippen molar-refractivity contribution in [2.24, 2.45) is 0 Å². The minimum absolute atomic E-state index is 0.299. The van der Waals surface area contributed by atoms with Crippen molar-refractivity contribution in [3.8, 4) is 11.5 Å². The molecule has 0 radical (unpaired) electrons. The predicted molar refractivity (Wildman–Crippen MR) is 78.1 cm³/mol. The van der Waals surface area contributed by atoms with E-state index in [4.69, 9.17) is 9.47 Å². The molecule has 0 atom stereocenters. The number of carbonyl (C=O) groups excluding carboxylic acids is 1. The van der Waals surface area contributed by atoms with E-state index in [9.17, 15) is 9.18 Å². The van der Waals surface area contributed by atoms with Crippen LogP contribution in [-0.2, 0) is 0 Å². The predicted octanol–water partition coefficient (Wildman–Crippen LogP) is 4.00. The lowest BCUT2D eigenvalue weighted by Gasteiger charge is -2.06. The molecular weight excluding hydrogens is 271 g/mol. The molecular formula is C17H15FO3. The second-order valence-electron chi connectivity index (χ2n) is 4.29. The summed E-state index contributed by atoms with van der Waals surface area (Å²) >= 11 is 0. The normalized spacial score (nSPS) is 9.95. The molecule has 0 aliphatic carbocycles. The number of hydrogen-bond donors (Lipinski definition) is 0. The lowest BCUT2D eigenvalue weighted by atomic mass is 10.2. The lowest BCUT2D eigenvalue weighted by Crippen LogP contribution is -2.08. The highest BCUT2D eigenvalue weighted by atomic mass is 19.1. The summed E-state index contributed by atoms with van der Waals surface area (Å²) in [6.45, 7) is 4.15. The number of hydrogen-bond acceptors (Lipinski definition) is 3. The van der Waals surface area contributed by atoms with Crippen LogP contribution >= 0.6 is 0 Å². The number of ether oxygens (including phenoxy) is 2. The maximum absolute atomic E-state index is 12.8. The summed E-state index contributed by atoms with van der Waals surface area (Å²) in [7, 11) is 0. The van der Waals surface area contributed by atoms with Crippen LogP contribution in [0.3, 0.4) is 0 Å². The van der Waals surface area contributed by atoms with Crippen LogP contribution in [0.1, 0.15) is 16.8 Å². The van der Waals surface area contributed by atoms with E-state index in [1.165, 1.54) is 24.3 Å². The zero-order valence-electron chi connectivity index (χ0n) is 11.4. The van der Waals surface area contributed by atoms with Crippen molar-refractivity contribution in [3.63, 3.8) is 0 Å². The average molecular weight is 286 g/mol. The number of benzene rings is 2. The van der Waals surface area contributed by atoms with Crippen molar-refractivity contribution >= 4 is 5.97 Å². The van der Waals surface area contributed by atoms with Crippen LogP contribution in [0.2, 0.25) is 0 Å². The quantitative estimate of drug-likeness (QED) is 0.348. The first-order chi connectivity index (χ1) is 10.2. The van der Waals surface area contributed by atoms with Gasteiger partial charge in [-0.3, -0.25) is 0 Å². The summed E-state index contributed by atoms with van der Waals surface area (Å²) in [5.74, 6) is 0.0953. The molecule has 0 aliphatic heterocycles. The number of esters is 1. The molecule has 0 bridgehead atoms. The molecule has 2 aromatic carbocycles. The van der Waals surface area contributed by atoms with E-state index < -0.39 is 5.97 Å². The fraction of sp³-hybridized carbons (Fsp3) is 0.118. The van der Waals surface area contributed by atoms with E-state index in [1.807, 2.05) is 0 Å². The number of carbonyl (C=O) groups is 1. The largest absolute Gasteiger partial charge is 0.493 e. The van der Waals surface area contributed by atoms with Crippen LogP contribution in [0.4, 0.5) is 4.39 Å². The third-order valence-electron chi connectivity index (χ3n) is 2.70. The Balaban J connectivity index is 1.96. The molecule has 3 nitrogen and oxygen atoms in total. The van der Waals surface area contributed by atoms with Crippen LogP contribution in [0, 0.1) is 5.82 Å². The minimum Gasteiger partial charge on any atom is -0.493 e. The minimum atomic E-state index is -0.501. The summed E-state index contributed by atoms with van der Waals surface area (Å²) < 4.78 is 23.3. The molecule has 4 heteroatoms. The summed E-state index contributed by atoms with van der Waals surface area (Å²) in [5.41, 5.74) is 0.399. The van der Waals surface area contributed by atoms with Gasteiger partial charge in [0.1, 0.15) is 17.3 Å². The highest BCUT2D eigenvalue weighted by Gasteiger charge is 2.08. The van der Waals surface area contributed by atoms with Crippen molar-refractivity contribution < 1.29 is 18.7 Å². The van der Waals surface area contributed by atoms with Crippen molar-refractivity contribution in [2.45, 2.75) is 6.42 Å². The Bertz CT molecular complexity index is 603. The Kier molecular flexibility index (Phi) is 5.10. The smallest absolute Gasteiger partial charge is 0.343 e. The van der Waals surface area contributed by atoms with Gasteiger partial charge in [-0.15, -0.1) is 6.58 Å². The van der Waals surface area contributed by atoms with E-state index in [0.717, 1.165) is 6.42 Å². The van der Waals surface area contributed by atoms with Crippen LogP contribution in [0.25, 0.3) is 0 Å². The molecule has 2 aromatic rings. The van der Waals surface area contributed by atoms with Crippen molar-refractivity contribution in [3.05, 3.63) is 72.6 Å². The van der Waals surface area contributed by atoms with E-state index in [-0.39, 0.29) is 5.82 Å². The first-order valence-corrected chi connectivity index (χ1v) is 6.50. The van der Waals surface area contributed by atoms with E-state index in [0.29, 0.717) is 23.7 Å². The van der Waals surface area contributed by atoms with Crippen molar-refractivity contribution in [1.29, 1.82) is 0 Å². The second-order valence-corrected chi connectivity index (χ2v) is 4.29. The monoisotopic (exact) mass is 286 g/mol. The Morgan fingerprint density at radius 1 is 1.05 bits per heavy atom. The van der Waals surface area contributed by atoms with Gasteiger partial charge in [0.05, 0.1) is 12.2 Å². The third kappa shape index (κ3) is 4.45. The van der Waals surface area contributed by atoms with E-state index >= 15 is 0 Å². The Hall–Kier alpha value is -2.62. The number of rotatable bonds is 6. The maximum atomic E-state index is 12.8. The van der Waals surface area contributed by atoms with Crippen molar-refractivity contribution in [1.82, 2.24) is 0 Å². The molecule has 0 heterocycles. The summed E-state index contributed by atoms with van der Waals surface area (Å²) in [6, 6.07) is 11.9. The molecule has 0 aliphatic rings. The number of halogens is 1. The molecule has 0 fully saturated rings. The second kappa shape index (κ2) is 7.24. The molecule has 0 amide bonds. The van der Waals surface area contributed by atoms with Gasteiger partial charge in [-0.2, -0.15) is 0 Å². The van der Waals surface area contributed by atoms with Gasteiger partial charge in [0.25, 0.3) is 0 Å². The van der Waals surface area contributed by atoms with Gasteiger partial charge in [-0.1, -0.05) is 6.08 Å². The molecule has 0 spiro atoms. The summed E-state index contributed by atoms with van der Waals surface area (Å²) in [4.78, 5) is 11.9. The molecule has 0 saturated carbocycles. The fourth-order valence-electron chi connectivity index (χ4n) is 1.62. The first kappa shape index (κ1) is 14.8. The topological polar surface area (TPSA) is 35.5 Å². The fourth-order valence-corrected chi connectivity index (χ4v) is 1.62. The first-order valence-electron chi connectivity index (χ1n) is 6.50. The standard InChI is InChI=1S/C17H15FO3/c1-2-3-12-20-15-8-4-13(5-9-15)17(19)21-16-10-6-14(18)7-11-16/h2,4-11H,1,3,12H2. The van der Waals surface area contributed by atoms with Gasteiger partial charge < -0.3 is 9.47 Å². The highest BCUT2D eigenvalue weighted by molar-refractivity contribution is 5.91. The van der Waals surface area contributed by atoms with Gasteiger partial charge in [-0.25, -0.2) is 9.18 Å². The molecule has 21 heavy (non-hydrogen) atoms. The average Bonchev–Trinajstić information content (AvgIpc) is 2.50. The molecule has 108 valence electrons. The zero-order chi connectivity index (χ0) is 15.1. The SMILES string of the molecule is C=CCCOc1ccc(C(=O)Oc2ccc(F)cc2)cc1. The molecule has 0 saturated heterocycles. The van der Waals surface area contributed by atoms with Crippen LogP contribution in [0.5, 0.6) is 11.5 Å². The third-order valence-corrected chi connectivity index (χ3v) is 2.70. The van der Waals surface area contributed by atoms with E-state index in [2.05, 4.69) is 6.58 Å². The van der Waals surface area contributed by atoms with Gasteiger partial charge in [-0.05, 0) is 55.0 Å². The maximum Gasteiger partial charge on any atom is 0.343 e.